The van der Waals surface area contributed by atoms with Crippen LogP contribution in [0.5, 0.6) is 0 Å². The summed E-state index contributed by atoms with van der Waals surface area (Å²) in [7, 11) is 0. The van der Waals surface area contributed by atoms with Crippen LogP contribution in [0.2, 0.25) is 0 Å². The number of anilines is 2. The second-order valence-corrected chi connectivity index (χ2v) is 6.47. The lowest BCUT2D eigenvalue weighted by Gasteiger charge is -2.34. The Kier molecular flexibility index (Phi) is 5.19. The van der Waals surface area contributed by atoms with Crippen LogP contribution < -0.4 is 10.2 Å². The predicted molar refractivity (Wildman–Crippen MR) is 97.0 cm³/mol. The first kappa shape index (κ1) is 15.9. The van der Waals surface area contributed by atoms with Gasteiger partial charge in [-0.25, -0.2) is 0 Å². The first-order valence-corrected chi connectivity index (χ1v) is 8.50. The maximum absolute atomic E-state index is 9.30. The average Bonchev–Trinajstić information content (AvgIpc) is 2.62. The zero-order valence-electron chi connectivity index (χ0n) is 13.8. The van der Waals surface area contributed by atoms with Crippen molar-refractivity contribution in [2.45, 2.75) is 26.3 Å². The molecular weight excluding hydrogens is 284 g/mol. The number of aliphatic hydroxyl groups is 1. The molecule has 0 unspecified atom stereocenters. The van der Waals surface area contributed by atoms with Crippen molar-refractivity contribution in [1.29, 1.82) is 0 Å². The molecule has 2 aromatic carbocycles. The fourth-order valence-electron chi connectivity index (χ4n) is 3.16. The SMILES string of the molecule is Cc1ccc(CNc2ccccc2N2CCC(CO)CC2)cc1. The molecule has 23 heavy (non-hydrogen) atoms. The van der Waals surface area contributed by atoms with Crippen LogP contribution in [0.3, 0.4) is 0 Å². The number of hydrogen-bond donors (Lipinski definition) is 2. The largest absolute Gasteiger partial charge is 0.396 e. The first-order valence-electron chi connectivity index (χ1n) is 8.50. The van der Waals surface area contributed by atoms with Crippen LogP contribution in [0, 0.1) is 12.8 Å². The van der Waals surface area contributed by atoms with Gasteiger partial charge in [0, 0.05) is 26.2 Å². The molecule has 2 aromatic rings. The third kappa shape index (κ3) is 4.05. The Morgan fingerprint density at radius 2 is 1.74 bits per heavy atom. The van der Waals surface area contributed by atoms with Gasteiger partial charge < -0.3 is 15.3 Å². The van der Waals surface area contributed by atoms with E-state index in [-0.39, 0.29) is 0 Å². The van der Waals surface area contributed by atoms with E-state index in [1.54, 1.807) is 0 Å². The van der Waals surface area contributed by atoms with Gasteiger partial charge in [0.2, 0.25) is 0 Å². The topological polar surface area (TPSA) is 35.5 Å². The number of para-hydroxylation sites is 2. The summed E-state index contributed by atoms with van der Waals surface area (Å²) in [4.78, 5) is 2.43. The molecule has 1 saturated heterocycles. The molecule has 0 amide bonds. The van der Waals surface area contributed by atoms with Crippen molar-refractivity contribution in [3.63, 3.8) is 0 Å². The molecule has 1 aliphatic rings. The predicted octanol–water partition coefficient (Wildman–Crippen LogP) is 3.82. The second kappa shape index (κ2) is 7.51. The molecule has 122 valence electrons. The lowest BCUT2D eigenvalue weighted by Crippen LogP contribution is -2.35. The van der Waals surface area contributed by atoms with E-state index in [2.05, 4.69) is 65.7 Å². The monoisotopic (exact) mass is 310 g/mol. The Hall–Kier alpha value is -2.00. The van der Waals surface area contributed by atoms with Crippen molar-refractivity contribution in [2.24, 2.45) is 5.92 Å². The number of hydrogen-bond acceptors (Lipinski definition) is 3. The molecule has 2 N–H and O–H groups in total. The summed E-state index contributed by atoms with van der Waals surface area (Å²) in [6.07, 6.45) is 2.14. The van der Waals surface area contributed by atoms with E-state index < -0.39 is 0 Å². The number of nitrogens with zero attached hydrogens (tertiary/aromatic N) is 1. The molecular formula is C20H26N2O. The molecule has 3 nitrogen and oxygen atoms in total. The van der Waals surface area contributed by atoms with E-state index >= 15 is 0 Å². The van der Waals surface area contributed by atoms with Crippen molar-refractivity contribution >= 4 is 11.4 Å². The smallest absolute Gasteiger partial charge is 0.0602 e. The maximum Gasteiger partial charge on any atom is 0.0602 e. The Bertz CT molecular complexity index is 616. The normalized spacial score (nSPS) is 15.7. The van der Waals surface area contributed by atoms with E-state index in [0.29, 0.717) is 12.5 Å². The van der Waals surface area contributed by atoms with Gasteiger partial charge >= 0.3 is 0 Å². The van der Waals surface area contributed by atoms with Crippen molar-refractivity contribution in [2.75, 3.05) is 29.9 Å². The fourth-order valence-corrected chi connectivity index (χ4v) is 3.16. The molecule has 0 spiro atoms. The number of nitrogens with one attached hydrogen (secondary N) is 1. The van der Waals surface area contributed by atoms with E-state index in [1.165, 1.54) is 22.5 Å². The highest BCUT2D eigenvalue weighted by Crippen LogP contribution is 2.30. The number of rotatable bonds is 5. The van der Waals surface area contributed by atoms with Crippen LogP contribution in [0.1, 0.15) is 24.0 Å². The average molecular weight is 310 g/mol. The van der Waals surface area contributed by atoms with Crippen molar-refractivity contribution in [3.8, 4) is 0 Å². The number of aliphatic hydroxyl groups excluding tert-OH is 1. The van der Waals surface area contributed by atoms with Gasteiger partial charge in [-0.2, -0.15) is 0 Å². The van der Waals surface area contributed by atoms with Gasteiger partial charge in [-0.05, 0) is 43.4 Å². The third-order valence-electron chi connectivity index (χ3n) is 4.72. The van der Waals surface area contributed by atoms with Gasteiger partial charge in [0.1, 0.15) is 0 Å². The van der Waals surface area contributed by atoms with Crippen LogP contribution in [0.25, 0.3) is 0 Å². The highest BCUT2D eigenvalue weighted by molar-refractivity contribution is 5.70. The van der Waals surface area contributed by atoms with Gasteiger partial charge in [-0.15, -0.1) is 0 Å². The van der Waals surface area contributed by atoms with Gasteiger partial charge in [0.15, 0.2) is 0 Å². The Balaban J connectivity index is 1.67. The summed E-state index contributed by atoms with van der Waals surface area (Å²) < 4.78 is 0. The molecule has 0 saturated carbocycles. The maximum atomic E-state index is 9.30. The molecule has 0 bridgehead atoms. The Morgan fingerprint density at radius 3 is 2.43 bits per heavy atom. The van der Waals surface area contributed by atoms with Crippen LogP contribution in [0.15, 0.2) is 48.5 Å². The molecule has 1 fully saturated rings. The second-order valence-electron chi connectivity index (χ2n) is 6.47. The van der Waals surface area contributed by atoms with Crippen LogP contribution in [-0.2, 0) is 6.54 Å². The molecule has 0 atom stereocenters. The van der Waals surface area contributed by atoms with E-state index in [9.17, 15) is 5.11 Å². The quantitative estimate of drug-likeness (QED) is 0.881. The molecule has 1 aliphatic heterocycles. The summed E-state index contributed by atoms with van der Waals surface area (Å²) >= 11 is 0. The summed E-state index contributed by atoms with van der Waals surface area (Å²) in [6.45, 7) is 5.32. The number of piperidine rings is 1. The molecule has 0 aliphatic carbocycles. The van der Waals surface area contributed by atoms with E-state index in [0.717, 1.165) is 32.5 Å². The highest BCUT2D eigenvalue weighted by atomic mass is 16.3. The zero-order valence-corrected chi connectivity index (χ0v) is 13.8. The van der Waals surface area contributed by atoms with Gasteiger partial charge in [-0.3, -0.25) is 0 Å². The molecule has 3 heteroatoms. The van der Waals surface area contributed by atoms with Crippen molar-refractivity contribution in [3.05, 3.63) is 59.7 Å². The first-order chi connectivity index (χ1) is 11.3. The van der Waals surface area contributed by atoms with Crippen molar-refractivity contribution in [1.82, 2.24) is 0 Å². The highest BCUT2D eigenvalue weighted by Gasteiger charge is 2.20. The minimum atomic E-state index is 0.321. The summed E-state index contributed by atoms with van der Waals surface area (Å²) in [5.41, 5.74) is 5.05. The van der Waals surface area contributed by atoms with Gasteiger partial charge in [-0.1, -0.05) is 42.0 Å². The molecule has 1 heterocycles. The van der Waals surface area contributed by atoms with E-state index in [4.69, 9.17) is 0 Å². The summed E-state index contributed by atoms with van der Waals surface area (Å²) in [6, 6.07) is 17.2. The Labute approximate surface area is 139 Å². The van der Waals surface area contributed by atoms with Crippen LogP contribution >= 0.6 is 0 Å². The minimum Gasteiger partial charge on any atom is -0.396 e. The van der Waals surface area contributed by atoms with Crippen LogP contribution in [0.4, 0.5) is 11.4 Å². The third-order valence-corrected chi connectivity index (χ3v) is 4.72. The number of benzene rings is 2. The van der Waals surface area contributed by atoms with Crippen LogP contribution in [-0.4, -0.2) is 24.8 Å². The number of aryl methyl sites for hydroxylation is 1. The van der Waals surface area contributed by atoms with Gasteiger partial charge in [0.05, 0.1) is 11.4 Å². The zero-order chi connectivity index (χ0) is 16.1. The summed E-state index contributed by atoms with van der Waals surface area (Å²) in [5.74, 6) is 0.471. The van der Waals surface area contributed by atoms with Crippen molar-refractivity contribution < 1.29 is 5.11 Å². The molecule has 0 radical (unpaired) electrons. The standard InChI is InChI=1S/C20H26N2O/c1-16-6-8-17(9-7-16)14-21-19-4-2-3-5-20(19)22-12-10-18(15-23)11-13-22/h2-9,18,21,23H,10-15H2,1H3. The van der Waals surface area contributed by atoms with E-state index in [1.807, 2.05) is 0 Å². The summed E-state index contributed by atoms with van der Waals surface area (Å²) in [5, 5.41) is 12.9. The molecule has 3 rings (SSSR count). The lowest BCUT2D eigenvalue weighted by atomic mass is 9.97. The Morgan fingerprint density at radius 1 is 1.04 bits per heavy atom. The lowest BCUT2D eigenvalue weighted by molar-refractivity contribution is 0.203. The minimum absolute atomic E-state index is 0.321. The van der Waals surface area contributed by atoms with Gasteiger partial charge in [0.25, 0.3) is 0 Å². The fraction of sp³-hybridized carbons (Fsp3) is 0.400. The molecule has 0 aromatic heterocycles.